The molecule has 0 amide bonds. The number of aryl methyl sites for hydroxylation is 2. The van der Waals surface area contributed by atoms with Gasteiger partial charge in [-0.25, -0.2) is 0 Å². The van der Waals surface area contributed by atoms with Crippen LogP contribution >= 0.6 is 0 Å². The smallest absolute Gasteiger partial charge is 0.205 e. The highest BCUT2D eigenvalue weighted by Crippen LogP contribution is 2.22. The van der Waals surface area contributed by atoms with Crippen molar-refractivity contribution >= 4 is 16.9 Å². The second kappa shape index (κ2) is 3.25. The number of rotatable bonds is 2. The number of H-pyrrole nitrogens is 1. The monoisotopic (exact) mass is 191 g/mol. The van der Waals surface area contributed by atoms with Gasteiger partial charge < -0.3 is 5.73 Å². The second-order valence-electron chi connectivity index (χ2n) is 3.17. The summed E-state index contributed by atoms with van der Waals surface area (Å²) in [7, 11) is 0. The summed E-state index contributed by atoms with van der Waals surface area (Å²) in [5.74, 6) is 0.585. The van der Waals surface area contributed by atoms with Crippen LogP contribution in [0.5, 0.6) is 0 Å². The Morgan fingerprint density at radius 1 is 1.21 bits per heavy atom. The third-order valence-electron chi connectivity index (χ3n) is 2.38. The molecule has 0 aliphatic heterocycles. The van der Waals surface area contributed by atoms with E-state index in [0.717, 1.165) is 29.5 Å². The lowest BCUT2D eigenvalue weighted by Crippen LogP contribution is -2.00. The van der Waals surface area contributed by atoms with E-state index in [4.69, 9.17) is 5.73 Å². The fourth-order valence-electron chi connectivity index (χ4n) is 1.69. The number of nitrogens with two attached hydrogens (primary N) is 1. The van der Waals surface area contributed by atoms with E-state index in [2.05, 4.69) is 34.2 Å². The highest BCUT2D eigenvalue weighted by Gasteiger charge is 2.12. The minimum atomic E-state index is 0.585. The third kappa shape index (κ3) is 1.13. The Labute approximate surface area is 81.7 Å². The topological polar surface area (TPSA) is 80.5 Å². The first-order valence-corrected chi connectivity index (χ1v) is 4.75. The van der Waals surface area contributed by atoms with Gasteiger partial charge >= 0.3 is 0 Å². The molecule has 0 aromatic carbocycles. The van der Waals surface area contributed by atoms with Gasteiger partial charge in [-0.05, 0) is 18.4 Å². The molecule has 3 N–H and O–H groups in total. The SMILES string of the molecule is CCc1nnc2n[nH]c(N)c2c1CC. The Kier molecular flexibility index (Phi) is 2.07. The second-order valence-corrected chi connectivity index (χ2v) is 3.17. The molecule has 0 atom stereocenters. The van der Waals surface area contributed by atoms with Crippen molar-refractivity contribution in [3.8, 4) is 0 Å². The van der Waals surface area contributed by atoms with Crippen LogP contribution in [0.2, 0.25) is 0 Å². The molecule has 2 rings (SSSR count). The van der Waals surface area contributed by atoms with Crippen LogP contribution in [0.3, 0.4) is 0 Å². The van der Waals surface area contributed by atoms with Crippen LogP contribution in [-0.4, -0.2) is 20.4 Å². The summed E-state index contributed by atoms with van der Waals surface area (Å²) < 4.78 is 0. The summed E-state index contributed by atoms with van der Waals surface area (Å²) in [5, 5.41) is 15.8. The number of anilines is 1. The Morgan fingerprint density at radius 3 is 2.64 bits per heavy atom. The van der Waals surface area contributed by atoms with Gasteiger partial charge in [0.2, 0.25) is 5.65 Å². The number of nitrogens with one attached hydrogen (secondary N) is 1. The lowest BCUT2D eigenvalue weighted by molar-refractivity contribution is 0.897. The quantitative estimate of drug-likeness (QED) is 0.743. The van der Waals surface area contributed by atoms with Crippen LogP contribution in [0.1, 0.15) is 25.1 Å². The lowest BCUT2D eigenvalue weighted by Gasteiger charge is -2.04. The number of hydrogen-bond acceptors (Lipinski definition) is 4. The van der Waals surface area contributed by atoms with Gasteiger partial charge in [-0.3, -0.25) is 5.10 Å². The van der Waals surface area contributed by atoms with Crippen molar-refractivity contribution in [2.75, 3.05) is 5.73 Å². The van der Waals surface area contributed by atoms with E-state index in [0.29, 0.717) is 11.5 Å². The molecule has 0 spiro atoms. The molecule has 0 radical (unpaired) electrons. The minimum Gasteiger partial charge on any atom is -0.384 e. The first-order chi connectivity index (χ1) is 6.77. The largest absolute Gasteiger partial charge is 0.384 e. The third-order valence-corrected chi connectivity index (χ3v) is 2.38. The summed E-state index contributed by atoms with van der Waals surface area (Å²) in [6.45, 7) is 4.15. The molecule has 5 heteroatoms. The highest BCUT2D eigenvalue weighted by molar-refractivity contribution is 5.89. The Bertz CT molecular complexity index is 459. The summed E-state index contributed by atoms with van der Waals surface area (Å²) in [6, 6.07) is 0. The number of nitrogen functional groups attached to an aromatic ring is 1. The molecule has 0 aliphatic rings. The van der Waals surface area contributed by atoms with Crippen LogP contribution in [-0.2, 0) is 12.8 Å². The maximum Gasteiger partial charge on any atom is 0.205 e. The van der Waals surface area contributed by atoms with Crippen molar-refractivity contribution in [3.05, 3.63) is 11.3 Å². The number of aromatic nitrogens is 4. The van der Waals surface area contributed by atoms with Gasteiger partial charge in [-0.2, -0.15) is 10.2 Å². The molecule has 0 aliphatic carbocycles. The molecule has 0 bridgehead atoms. The summed E-state index contributed by atoms with van der Waals surface area (Å²) in [6.07, 6.45) is 1.77. The molecule has 2 heterocycles. The van der Waals surface area contributed by atoms with E-state index in [1.165, 1.54) is 0 Å². The van der Waals surface area contributed by atoms with E-state index in [1.807, 2.05) is 0 Å². The summed E-state index contributed by atoms with van der Waals surface area (Å²) in [4.78, 5) is 0. The van der Waals surface area contributed by atoms with Gasteiger partial charge in [0, 0.05) is 0 Å². The molecule has 0 unspecified atom stereocenters. The van der Waals surface area contributed by atoms with Crippen molar-refractivity contribution in [1.29, 1.82) is 0 Å². The molecule has 0 fully saturated rings. The summed E-state index contributed by atoms with van der Waals surface area (Å²) >= 11 is 0. The lowest BCUT2D eigenvalue weighted by atomic mass is 10.1. The number of aromatic amines is 1. The standard InChI is InChI=1S/C9H13N5/c1-3-5-6(4-2)11-13-9-7(5)8(10)12-14-9/h3-4H2,1-2H3,(H3,10,12,13,14). The zero-order valence-corrected chi connectivity index (χ0v) is 8.33. The van der Waals surface area contributed by atoms with Gasteiger partial charge in [0.1, 0.15) is 5.82 Å². The maximum atomic E-state index is 5.79. The molecular formula is C9H13N5. The van der Waals surface area contributed by atoms with Crippen molar-refractivity contribution in [2.45, 2.75) is 26.7 Å². The molecule has 2 aromatic rings. The van der Waals surface area contributed by atoms with Crippen molar-refractivity contribution < 1.29 is 0 Å². The first kappa shape index (κ1) is 8.93. The van der Waals surface area contributed by atoms with Crippen molar-refractivity contribution in [3.63, 3.8) is 0 Å². The van der Waals surface area contributed by atoms with Crippen LogP contribution in [0.4, 0.5) is 5.82 Å². The predicted octanol–water partition coefficient (Wildman–Crippen LogP) is 1.06. The summed E-state index contributed by atoms with van der Waals surface area (Å²) in [5.41, 5.74) is 8.56. The van der Waals surface area contributed by atoms with Crippen molar-refractivity contribution in [2.24, 2.45) is 0 Å². The molecule has 2 aromatic heterocycles. The normalized spacial score (nSPS) is 11.0. The Hall–Kier alpha value is -1.65. The predicted molar refractivity (Wildman–Crippen MR) is 54.9 cm³/mol. The highest BCUT2D eigenvalue weighted by atomic mass is 15.2. The zero-order chi connectivity index (χ0) is 10.1. The van der Waals surface area contributed by atoms with E-state index in [1.54, 1.807) is 0 Å². The maximum absolute atomic E-state index is 5.79. The molecule has 0 saturated carbocycles. The van der Waals surface area contributed by atoms with Gasteiger partial charge in [-0.15, -0.1) is 5.10 Å². The van der Waals surface area contributed by atoms with Crippen LogP contribution in [0, 0.1) is 0 Å². The van der Waals surface area contributed by atoms with Crippen LogP contribution in [0.15, 0.2) is 0 Å². The number of nitrogens with zero attached hydrogens (tertiary/aromatic N) is 3. The molecular weight excluding hydrogens is 178 g/mol. The Morgan fingerprint density at radius 2 is 2.00 bits per heavy atom. The molecule has 14 heavy (non-hydrogen) atoms. The number of hydrogen-bond donors (Lipinski definition) is 2. The molecule has 5 nitrogen and oxygen atoms in total. The van der Waals surface area contributed by atoms with Gasteiger partial charge in [0.25, 0.3) is 0 Å². The van der Waals surface area contributed by atoms with E-state index < -0.39 is 0 Å². The van der Waals surface area contributed by atoms with Crippen LogP contribution < -0.4 is 5.73 Å². The van der Waals surface area contributed by atoms with E-state index in [-0.39, 0.29) is 0 Å². The fourth-order valence-corrected chi connectivity index (χ4v) is 1.69. The Balaban J connectivity index is 2.81. The average Bonchev–Trinajstić information content (AvgIpc) is 2.59. The van der Waals surface area contributed by atoms with Gasteiger partial charge in [-0.1, -0.05) is 13.8 Å². The van der Waals surface area contributed by atoms with Crippen molar-refractivity contribution in [1.82, 2.24) is 20.4 Å². The average molecular weight is 191 g/mol. The number of fused-ring (bicyclic) bond motifs is 1. The minimum absolute atomic E-state index is 0.585. The van der Waals surface area contributed by atoms with E-state index in [9.17, 15) is 0 Å². The molecule has 0 saturated heterocycles. The van der Waals surface area contributed by atoms with Crippen LogP contribution in [0.25, 0.3) is 11.0 Å². The fraction of sp³-hybridized carbons (Fsp3) is 0.444. The van der Waals surface area contributed by atoms with Gasteiger partial charge in [0.05, 0.1) is 11.1 Å². The van der Waals surface area contributed by atoms with Gasteiger partial charge in [0.15, 0.2) is 0 Å². The zero-order valence-electron chi connectivity index (χ0n) is 8.33. The van der Waals surface area contributed by atoms with E-state index >= 15 is 0 Å². The first-order valence-electron chi connectivity index (χ1n) is 4.75. The molecule has 74 valence electrons.